The number of halogens is 1. The first-order valence-electron chi connectivity index (χ1n) is 4.17. The van der Waals surface area contributed by atoms with E-state index >= 15 is 0 Å². The number of benzene rings is 1. The highest BCUT2D eigenvalue weighted by atomic mass is 35.5. The van der Waals surface area contributed by atoms with E-state index in [9.17, 15) is 0 Å². The quantitative estimate of drug-likeness (QED) is 0.784. The number of nitrogens with two attached hydrogens (primary N) is 1. The summed E-state index contributed by atoms with van der Waals surface area (Å²) in [6.07, 6.45) is 0. The molecule has 1 aromatic carbocycles. The predicted molar refractivity (Wildman–Crippen MR) is 56.1 cm³/mol. The standard InChI is InChI=1S/C10H9ClN2O/c1-6-9(14-13-10(6)12)7-4-2-3-5-8(7)11/h2-5H,1H3,(H2,12,13). The summed E-state index contributed by atoms with van der Waals surface area (Å²) >= 11 is 6.01. The van der Waals surface area contributed by atoms with Crippen molar-refractivity contribution >= 4 is 17.4 Å². The fraction of sp³-hybridized carbons (Fsp3) is 0.100. The van der Waals surface area contributed by atoms with Crippen LogP contribution >= 0.6 is 11.6 Å². The summed E-state index contributed by atoms with van der Waals surface area (Å²) in [5, 5.41) is 4.31. The Bertz CT molecular complexity index is 465. The van der Waals surface area contributed by atoms with E-state index in [-0.39, 0.29) is 0 Å². The molecular weight excluding hydrogens is 200 g/mol. The maximum absolute atomic E-state index is 6.01. The van der Waals surface area contributed by atoms with Gasteiger partial charge < -0.3 is 10.3 Å². The van der Waals surface area contributed by atoms with E-state index in [1.807, 2.05) is 25.1 Å². The molecule has 3 nitrogen and oxygen atoms in total. The van der Waals surface area contributed by atoms with Crippen molar-refractivity contribution in [1.82, 2.24) is 5.16 Å². The number of anilines is 1. The van der Waals surface area contributed by atoms with Gasteiger partial charge in [-0.05, 0) is 19.1 Å². The molecule has 2 N–H and O–H groups in total. The third-order valence-corrected chi connectivity index (χ3v) is 2.41. The molecule has 0 radical (unpaired) electrons. The SMILES string of the molecule is Cc1c(N)noc1-c1ccccc1Cl. The molecular formula is C10H9ClN2O. The Labute approximate surface area is 86.5 Å². The van der Waals surface area contributed by atoms with E-state index in [1.54, 1.807) is 6.07 Å². The molecule has 14 heavy (non-hydrogen) atoms. The van der Waals surface area contributed by atoms with Gasteiger partial charge in [-0.1, -0.05) is 28.9 Å². The molecule has 0 spiro atoms. The van der Waals surface area contributed by atoms with Crippen LogP contribution in [-0.2, 0) is 0 Å². The van der Waals surface area contributed by atoms with E-state index in [1.165, 1.54) is 0 Å². The van der Waals surface area contributed by atoms with Gasteiger partial charge in [-0.3, -0.25) is 0 Å². The van der Waals surface area contributed by atoms with Crippen molar-refractivity contribution in [2.75, 3.05) is 5.73 Å². The van der Waals surface area contributed by atoms with Crippen LogP contribution in [0.2, 0.25) is 5.02 Å². The Balaban J connectivity index is 2.60. The van der Waals surface area contributed by atoms with Crippen molar-refractivity contribution in [2.45, 2.75) is 6.92 Å². The Hall–Kier alpha value is -1.48. The summed E-state index contributed by atoms with van der Waals surface area (Å²) in [5.41, 5.74) is 7.21. The maximum atomic E-state index is 6.01. The fourth-order valence-electron chi connectivity index (χ4n) is 1.24. The van der Waals surface area contributed by atoms with Gasteiger partial charge in [0.05, 0.1) is 5.02 Å². The summed E-state index contributed by atoms with van der Waals surface area (Å²) in [7, 11) is 0. The van der Waals surface area contributed by atoms with Gasteiger partial charge in [-0.15, -0.1) is 0 Å². The fourth-order valence-corrected chi connectivity index (χ4v) is 1.47. The second-order valence-corrected chi connectivity index (χ2v) is 3.41. The largest absolute Gasteiger partial charge is 0.381 e. The molecule has 4 heteroatoms. The molecule has 0 saturated carbocycles. The van der Waals surface area contributed by atoms with Gasteiger partial charge in [0, 0.05) is 11.1 Å². The van der Waals surface area contributed by atoms with Crippen LogP contribution in [0.15, 0.2) is 28.8 Å². The average Bonchev–Trinajstić information content (AvgIpc) is 2.49. The zero-order valence-corrected chi connectivity index (χ0v) is 8.38. The number of nitrogen functional groups attached to an aromatic ring is 1. The Morgan fingerprint density at radius 3 is 2.64 bits per heavy atom. The maximum Gasteiger partial charge on any atom is 0.173 e. The minimum atomic E-state index is 0.403. The average molecular weight is 209 g/mol. The first-order chi connectivity index (χ1) is 6.70. The molecule has 1 heterocycles. The lowest BCUT2D eigenvalue weighted by Crippen LogP contribution is -1.86. The van der Waals surface area contributed by atoms with Crippen molar-refractivity contribution in [3.05, 3.63) is 34.9 Å². The molecule has 0 atom stereocenters. The van der Waals surface area contributed by atoms with Crippen LogP contribution in [0.4, 0.5) is 5.82 Å². The van der Waals surface area contributed by atoms with Crippen molar-refractivity contribution in [1.29, 1.82) is 0 Å². The Morgan fingerprint density at radius 2 is 2.07 bits per heavy atom. The normalized spacial score (nSPS) is 10.4. The Morgan fingerprint density at radius 1 is 1.36 bits per heavy atom. The Kier molecular flexibility index (Phi) is 2.17. The first kappa shape index (κ1) is 9.09. The molecule has 2 aromatic rings. The van der Waals surface area contributed by atoms with E-state index in [0.29, 0.717) is 16.6 Å². The second-order valence-electron chi connectivity index (χ2n) is 3.00. The number of hydrogen-bond acceptors (Lipinski definition) is 3. The van der Waals surface area contributed by atoms with Crippen LogP contribution in [0.3, 0.4) is 0 Å². The summed E-state index contributed by atoms with van der Waals surface area (Å²) in [6.45, 7) is 1.85. The van der Waals surface area contributed by atoms with Crippen LogP contribution in [0, 0.1) is 6.92 Å². The number of rotatable bonds is 1. The van der Waals surface area contributed by atoms with E-state index in [4.69, 9.17) is 21.9 Å². The summed E-state index contributed by atoms with van der Waals surface area (Å²) in [6, 6.07) is 7.42. The van der Waals surface area contributed by atoms with Crippen LogP contribution in [0.25, 0.3) is 11.3 Å². The van der Waals surface area contributed by atoms with Gasteiger partial charge in [-0.2, -0.15) is 0 Å². The van der Waals surface area contributed by atoms with Gasteiger partial charge in [0.2, 0.25) is 0 Å². The molecule has 0 aliphatic rings. The summed E-state index contributed by atoms with van der Waals surface area (Å²) < 4.78 is 5.10. The monoisotopic (exact) mass is 208 g/mol. The third kappa shape index (κ3) is 1.36. The van der Waals surface area contributed by atoms with Gasteiger partial charge in [-0.25, -0.2) is 0 Å². The lowest BCUT2D eigenvalue weighted by Gasteiger charge is -1.99. The molecule has 0 aliphatic heterocycles. The van der Waals surface area contributed by atoms with Crippen molar-refractivity contribution in [2.24, 2.45) is 0 Å². The number of nitrogens with zero attached hydrogens (tertiary/aromatic N) is 1. The molecule has 0 saturated heterocycles. The smallest absolute Gasteiger partial charge is 0.173 e. The van der Waals surface area contributed by atoms with Crippen molar-refractivity contribution < 1.29 is 4.52 Å². The predicted octanol–water partition coefficient (Wildman–Crippen LogP) is 2.89. The molecule has 1 aromatic heterocycles. The second kappa shape index (κ2) is 3.35. The lowest BCUT2D eigenvalue weighted by molar-refractivity contribution is 0.435. The van der Waals surface area contributed by atoms with Crippen LogP contribution in [-0.4, -0.2) is 5.16 Å². The van der Waals surface area contributed by atoms with Crippen LogP contribution < -0.4 is 5.73 Å². The number of hydrogen-bond donors (Lipinski definition) is 1. The first-order valence-corrected chi connectivity index (χ1v) is 4.54. The molecule has 0 fully saturated rings. The molecule has 0 aliphatic carbocycles. The highest BCUT2D eigenvalue weighted by molar-refractivity contribution is 6.33. The van der Waals surface area contributed by atoms with E-state index in [0.717, 1.165) is 11.1 Å². The number of aromatic nitrogens is 1. The molecule has 0 unspecified atom stereocenters. The topological polar surface area (TPSA) is 52.0 Å². The zero-order valence-electron chi connectivity index (χ0n) is 7.62. The zero-order chi connectivity index (χ0) is 10.1. The van der Waals surface area contributed by atoms with E-state index in [2.05, 4.69) is 5.16 Å². The van der Waals surface area contributed by atoms with Gasteiger partial charge in [0.25, 0.3) is 0 Å². The summed E-state index contributed by atoms with van der Waals surface area (Å²) in [5.74, 6) is 1.04. The highest BCUT2D eigenvalue weighted by Crippen LogP contribution is 2.31. The minimum absolute atomic E-state index is 0.403. The lowest BCUT2D eigenvalue weighted by atomic mass is 10.1. The third-order valence-electron chi connectivity index (χ3n) is 2.08. The van der Waals surface area contributed by atoms with Gasteiger partial charge >= 0.3 is 0 Å². The molecule has 2 rings (SSSR count). The molecule has 0 bridgehead atoms. The molecule has 72 valence electrons. The van der Waals surface area contributed by atoms with Crippen molar-refractivity contribution in [3.63, 3.8) is 0 Å². The van der Waals surface area contributed by atoms with Gasteiger partial charge in [0.1, 0.15) is 0 Å². The van der Waals surface area contributed by atoms with E-state index < -0.39 is 0 Å². The van der Waals surface area contributed by atoms with Crippen molar-refractivity contribution in [3.8, 4) is 11.3 Å². The minimum Gasteiger partial charge on any atom is -0.381 e. The van der Waals surface area contributed by atoms with Crippen LogP contribution in [0.1, 0.15) is 5.56 Å². The molecule has 0 amide bonds. The highest BCUT2D eigenvalue weighted by Gasteiger charge is 2.13. The summed E-state index contributed by atoms with van der Waals surface area (Å²) in [4.78, 5) is 0. The van der Waals surface area contributed by atoms with Gasteiger partial charge in [0.15, 0.2) is 11.6 Å². The van der Waals surface area contributed by atoms with Crippen LogP contribution in [0.5, 0.6) is 0 Å².